The third kappa shape index (κ3) is 4.44. The van der Waals surface area contributed by atoms with E-state index in [2.05, 4.69) is 27.9 Å². The molecule has 0 unspecified atom stereocenters. The van der Waals surface area contributed by atoms with Crippen molar-refractivity contribution < 1.29 is 9.90 Å². The second kappa shape index (κ2) is 6.91. The van der Waals surface area contributed by atoms with Crippen molar-refractivity contribution in [3.05, 3.63) is 57.2 Å². The standard InChI is InChI=1S/C16H17IN2O2/c1-10-8-12(17)4-7-15(10)19-16(21)14(18)9-11-2-5-13(20)6-3-11/h2-8,14,20H,9,18H2,1H3,(H,19,21)/t14-/m0/s1. The Kier molecular flexibility index (Phi) is 5.19. The van der Waals surface area contributed by atoms with Gasteiger partial charge in [-0.1, -0.05) is 12.1 Å². The van der Waals surface area contributed by atoms with E-state index in [9.17, 15) is 9.90 Å². The van der Waals surface area contributed by atoms with Gasteiger partial charge in [0.15, 0.2) is 0 Å². The van der Waals surface area contributed by atoms with Gasteiger partial charge in [0.25, 0.3) is 0 Å². The van der Waals surface area contributed by atoms with E-state index in [0.29, 0.717) is 6.42 Å². The van der Waals surface area contributed by atoms with Crippen molar-refractivity contribution in [3.8, 4) is 5.75 Å². The molecule has 0 heterocycles. The molecule has 0 aliphatic carbocycles. The highest BCUT2D eigenvalue weighted by molar-refractivity contribution is 14.1. The van der Waals surface area contributed by atoms with Gasteiger partial charge in [-0.15, -0.1) is 0 Å². The summed E-state index contributed by atoms with van der Waals surface area (Å²) in [6.07, 6.45) is 0.426. The fourth-order valence-electron chi connectivity index (χ4n) is 1.97. The SMILES string of the molecule is Cc1cc(I)ccc1NC(=O)[C@@H](N)Cc1ccc(O)cc1. The molecule has 0 saturated carbocycles. The number of phenolic OH excluding ortho intramolecular Hbond substituents is 1. The van der Waals surface area contributed by atoms with E-state index in [4.69, 9.17) is 5.73 Å². The number of nitrogens with one attached hydrogen (secondary N) is 1. The molecule has 1 amide bonds. The van der Waals surface area contributed by atoms with Crippen LogP contribution < -0.4 is 11.1 Å². The Labute approximate surface area is 137 Å². The maximum Gasteiger partial charge on any atom is 0.241 e. The van der Waals surface area contributed by atoms with Crippen LogP contribution in [0, 0.1) is 10.5 Å². The van der Waals surface area contributed by atoms with Crippen molar-refractivity contribution >= 4 is 34.2 Å². The Morgan fingerprint density at radius 3 is 2.57 bits per heavy atom. The zero-order valence-electron chi connectivity index (χ0n) is 11.6. The number of anilines is 1. The predicted molar refractivity (Wildman–Crippen MR) is 92.3 cm³/mol. The summed E-state index contributed by atoms with van der Waals surface area (Å²) in [6.45, 7) is 1.95. The van der Waals surface area contributed by atoms with Crippen LogP contribution in [-0.4, -0.2) is 17.1 Å². The molecule has 1 atom stereocenters. The molecule has 4 nitrogen and oxygen atoms in total. The Morgan fingerprint density at radius 2 is 1.95 bits per heavy atom. The van der Waals surface area contributed by atoms with E-state index >= 15 is 0 Å². The van der Waals surface area contributed by atoms with Gasteiger partial charge >= 0.3 is 0 Å². The zero-order valence-corrected chi connectivity index (χ0v) is 13.8. The number of hydrogen-bond acceptors (Lipinski definition) is 3. The molecule has 110 valence electrons. The number of hydrogen-bond donors (Lipinski definition) is 3. The maximum atomic E-state index is 12.1. The molecule has 0 fully saturated rings. The highest BCUT2D eigenvalue weighted by atomic mass is 127. The van der Waals surface area contributed by atoms with E-state index in [0.717, 1.165) is 20.4 Å². The van der Waals surface area contributed by atoms with Gasteiger partial charge < -0.3 is 16.2 Å². The number of benzene rings is 2. The third-order valence-corrected chi connectivity index (χ3v) is 3.85. The van der Waals surface area contributed by atoms with E-state index in [1.165, 1.54) is 0 Å². The number of carbonyl (C=O) groups is 1. The van der Waals surface area contributed by atoms with Gasteiger partial charge in [-0.2, -0.15) is 0 Å². The third-order valence-electron chi connectivity index (χ3n) is 3.18. The topological polar surface area (TPSA) is 75.4 Å². The lowest BCUT2D eigenvalue weighted by Gasteiger charge is -2.14. The number of amides is 1. The van der Waals surface area contributed by atoms with Gasteiger partial charge in [0.05, 0.1) is 6.04 Å². The first-order valence-corrected chi connectivity index (χ1v) is 7.64. The minimum Gasteiger partial charge on any atom is -0.508 e. The monoisotopic (exact) mass is 396 g/mol. The van der Waals surface area contributed by atoms with Gasteiger partial charge in [-0.05, 0) is 77.4 Å². The number of phenols is 1. The van der Waals surface area contributed by atoms with Crippen LogP contribution in [0.5, 0.6) is 5.75 Å². The summed E-state index contributed by atoms with van der Waals surface area (Å²) in [4.78, 5) is 12.1. The number of halogens is 1. The van der Waals surface area contributed by atoms with Gasteiger partial charge in [0.1, 0.15) is 5.75 Å². The molecule has 0 bridgehead atoms. The first-order valence-electron chi connectivity index (χ1n) is 6.56. The lowest BCUT2D eigenvalue weighted by atomic mass is 10.1. The van der Waals surface area contributed by atoms with Crippen molar-refractivity contribution in [2.75, 3.05) is 5.32 Å². The summed E-state index contributed by atoms with van der Waals surface area (Å²) >= 11 is 2.23. The second-order valence-electron chi connectivity index (χ2n) is 4.93. The van der Waals surface area contributed by atoms with Crippen molar-refractivity contribution in [1.29, 1.82) is 0 Å². The van der Waals surface area contributed by atoms with Crippen LogP contribution in [0.4, 0.5) is 5.69 Å². The Balaban J connectivity index is 2.00. The highest BCUT2D eigenvalue weighted by Gasteiger charge is 2.15. The summed E-state index contributed by atoms with van der Waals surface area (Å²) < 4.78 is 1.12. The van der Waals surface area contributed by atoms with Crippen LogP contribution in [0.3, 0.4) is 0 Å². The van der Waals surface area contributed by atoms with Gasteiger partial charge in [0.2, 0.25) is 5.91 Å². The molecular formula is C16H17IN2O2. The van der Waals surface area contributed by atoms with Crippen LogP contribution in [-0.2, 0) is 11.2 Å². The quantitative estimate of drug-likeness (QED) is 0.696. The van der Waals surface area contributed by atoms with Crippen molar-refractivity contribution in [3.63, 3.8) is 0 Å². The summed E-state index contributed by atoms with van der Waals surface area (Å²) in [7, 11) is 0. The molecule has 0 saturated heterocycles. The van der Waals surface area contributed by atoms with Crippen LogP contribution in [0.1, 0.15) is 11.1 Å². The van der Waals surface area contributed by atoms with E-state index in [1.54, 1.807) is 24.3 Å². The van der Waals surface area contributed by atoms with Crippen molar-refractivity contribution in [2.45, 2.75) is 19.4 Å². The van der Waals surface area contributed by atoms with Gasteiger partial charge in [-0.25, -0.2) is 0 Å². The van der Waals surface area contributed by atoms with Crippen LogP contribution in [0.2, 0.25) is 0 Å². The first-order chi connectivity index (χ1) is 9.95. The normalized spacial score (nSPS) is 12.0. The number of carbonyl (C=O) groups excluding carboxylic acids is 1. The Morgan fingerprint density at radius 1 is 1.29 bits per heavy atom. The Bertz CT molecular complexity index is 641. The minimum atomic E-state index is -0.631. The summed E-state index contributed by atoms with van der Waals surface area (Å²) in [5.74, 6) is -0.0151. The molecule has 2 aromatic carbocycles. The fourth-order valence-corrected chi connectivity index (χ4v) is 2.62. The summed E-state index contributed by atoms with van der Waals surface area (Å²) in [5.41, 5.74) is 8.64. The molecule has 2 rings (SSSR count). The molecule has 2 aromatic rings. The van der Waals surface area contributed by atoms with E-state index < -0.39 is 6.04 Å². The lowest BCUT2D eigenvalue weighted by Crippen LogP contribution is -2.37. The molecule has 5 heteroatoms. The maximum absolute atomic E-state index is 12.1. The molecule has 0 aliphatic heterocycles. The minimum absolute atomic E-state index is 0.200. The summed E-state index contributed by atoms with van der Waals surface area (Å²) in [5, 5.41) is 12.1. The van der Waals surface area contributed by atoms with Crippen molar-refractivity contribution in [1.82, 2.24) is 0 Å². The summed E-state index contributed by atoms with van der Waals surface area (Å²) in [6, 6.07) is 11.9. The number of aryl methyl sites for hydroxylation is 1. The lowest BCUT2D eigenvalue weighted by molar-refractivity contribution is -0.117. The molecule has 0 aliphatic rings. The molecule has 0 aromatic heterocycles. The van der Waals surface area contributed by atoms with Gasteiger partial charge in [-0.3, -0.25) is 4.79 Å². The van der Waals surface area contributed by atoms with Crippen molar-refractivity contribution in [2.24, 2.45) is 5.73 Å². The van der Waals surface area contributed by atoms with Crippen LogP contribution >= 0.6 is 22.6 Å². The highest BCUT2D eigenvalue weighted by Crippen LogP contribution is 2.18. The second-order valence-corrected chi connectivity index (χ2v) is 6.17. The Hall–Kier alpha value is -1.60. The molecule has 0 spiro atoms. The largest absolute Gasteiger partial charge is 0.508 e. The fraction of sp³-hybridized carbons (Fsp3) is 0.188. The number of nitrogens with two attached hydrogens (primary N) is 1. The molecule has 0 radical (unpaired) electrons. The number of aromatic hydroxyl groups is 1. The average Bonchev–Trinajstić information content (AvgIpc) is 2.44. The molecular weight excluding hydrogens is 379 g/mol. The van der Waals surface area contributed by atoms with E-state index in [1.807, 2.05) is 25.1 Å². The molecule has 21 heavy (non-hydrogen) atoms. The average molecular weight is 396 g/mol. The number of rotatable bonds is 4. The first kappa shape index (κ1) is 15.8. The van der Waals surface area contributed by atoms with Gasteiger partial charge in [0, 0.05) is 9.26 Å². The van der Waals surface area contributed by atoms with E-state index in [-0.39, 0.29) is 11.7 Å². The molecule has 4 N–H and O–H groups in total. The predicted octanol–water partition coefficient (Wildman–Crippen LogP) is 2.81. The van der Waals surface area contributed by atoms with Crippen LogP contribution in [0.25, 0.3) is 0 Å². The van der Waals surface area contributed by atoms with Crippen LogP contribution in [0.15, 0.2) is 42.5 Å². The smallest absolute Gasteiger partial charge is 0.241 e. The zero-order chi connectivity index (χ0) is 15.4.